The summed E-state index contributed by atoms with van der Waals surface area (Å²) >= 11 is 0. The van der Waals surface area contributed by atoms with E-state index in [2.05, 4.69) is 16.5 Å². The van der Waals surface area contributed by atoms with Crippen LogP contribution in [-0.4, -0.2) is 40.3 Å². The van der Waals surface area contributed by atoms with E-state index < -0.39 is 0 Å². The zero-order chi connectivity index (χ0) is 17.6. The van der Waals surface area contributed by atoms with Gasteiger partial charge in [-0.25, -0.2) is 4.79 Å². The fourth-order valence-electron chi connectivity index (χ4n) is 3.21. The molecule has 0 aliphatic carbocycles. The van der Waals surface area contributed by atoms with E-state index in [0.29, 0.717) is 18.7 Å². The number of piperidine rings is 1. The van der Waals surface area contributed by atoms with E-state index >= 15 is 0 Å². The quantitative estimate of drug-likeness (QED) is 0.932. The smallest absolute Gasteiger partial charge is 0.317 e. The summed E-state index contributed by atoms with van der Waals surface area (Å²) in [6.45, 7) is 4.07. The van der Waals surface area contributed by atoms with Crippen molar-refractivity contribution in [1.29, 1.82) is 5.26 Å². The molecule has 0 bridgehead atoms. The third kappa shape index (κ3) is 4.38. The number of hydrogen-bond acceptors (Lipinski definition) is 3. The highest BCUT2D eigenvalue weighted by Gasteiger charge is 2.24. The monoisotopic (exact) mass is 337 g/mol. The molecule has 1 aliphatic heterocycles. The molecule has 0 saturated carbocycles. The molecule has 25 heavy (non-hydrogen) atoms. The van der Waals surface area contributed by atoms with E-state index in [0.717, 1.165) is 36.9 Å². The van der Waals surface area contributed by atoms with Crippen LogP contribution in [0.4, 0.5) is 4.79 Å². The lowest BCUT2D eigenvalue weighted by molar-refractivity contribution is 0.163. The minimum atomic E-state index is -0.0231. The Labute approximate surface area is 148 Å². The van der Waals surface area contributed by atoms with Crippen LogP contribution in [0.3, 0.4) is 0 Å². The van der Waals surface area contributed by atoms with E-state index in [9.17, 15) is 4.79 Å². The van der Waals surface area contributed by atoms with Crippen molar-refractivity contribution in [1.82, 2.24) is 20.0 Å². The number of likely N-dealkylation sites (tertiary alicyclic amines) is 1. The van der Waals surface area contributed by atoms with Gasteiger partial charge in [-0.1, -0.05) is 12.1 Å². The summed E-state index contributed by atoms with van der Waals surface area (Å²) in [5.74, 6) is 0. The van der Waals surface area contributed by atoms with Crippen LogP contribution in [0.2, 0.25) is 0 Å². The van der Waals surface area contributed by atoms with Gasteiger partial charge in [-0.2, -0.15) is 10.4 Å². The van der Waals surface area contributed by atoms with Crippen molar-refractivity contribution in [2.75, 3.05) is 19.6 Å². The van der Waals surface area contributed by atoms with Crippen LogP contribution in [0, 0.1) is 18.3 Å². The van der Waals surface area contributed by atoms with Crippen molar-refractivity contribution in [3.63, 3.8) is 0 Å². The Kier molecular flexibility index (Phi) is 5.34. The van der Waals surface area contributed by atoms with Gasteiger partial charge in [0.25, 0.3) is 0 Å². The first-order valence-electron chi connectivity index (χ1n) is 8.68. The van der Waals surface area contributed by atoms with Crippen molar-refractivity contribution in [2.24, 2.45) is 0 Å². The number of nitrogens with zero attached hydrogens (tertiary/aromatic N) is 4. The molecule has 1 N–H and O–H groups in total. The second kappa shape index (κ2) is 7.84. The molecule has 2 heterocycles. The highest BCUT2D eigenvalue weighted by Crippen LogP contribution is 2.21. The molecule has 0 spiro atoms. The number of benzene rings is 1. The summed E-state index contributed by atoms with van der Waals surface area (Å²) in [6.07, 6.45) is 6.65. The van der Waals surface area contributed by atoms with Crippen molar-refractivity contribution in [3.05, 3.63) is 53.3 Å². The van der Waals surface area contributed by atoms with E-state index in [-0.39, 0.29) is 12.1 Å². The van der Waals surface area contributed by atoms with Crippen LogP contribution in [0.25, 0.3) is 0 Å². The van der Waals surface area contributed by atoms with Crippen LogP contribution in [0.1, 0.15) is 35.6 Å². The summed E-state index contributed by atoms with van der Waals surface area (Å²) in [6, 6.07) is 9.86. The first-order chi connectivity index (χ1) is 12.2. The van der Waals surface area contributed by atoms with Crippen LogP contribution >= 0.6 is 0 Å². The normalized spacial score (nSPS) is 17.1. The molecule has 0 radical (unpaired) electrons. The van der Waals surface area contributed by atoms with Crippen molar-refractivity contribution in [2.45, 2.75) is 32.2 Å². The van der Waals surface area contributed by atoms with E-state index in [1.165, 1.54) is 0 Å². The average molecular weight is 337 g/mol. The second-order valence-electron chi connectivity index (χ2n) is 6.53. The Morgan fingerprint density at radius 1 is 1.48 bits per heavy atom. The van der Waals surface area contributed by atoms with Crippen molar-refractivity contribution >= 4 is 6.03 Å². The zero-order valence-electron chi connectivity index (χ0n) is 14.5. The first-order valence-corrected chi connectivity index (χ1v) is 8.68. The van der Waals surface area contributed by atoms with Gasteiger partial charge in [0, 0.05) is 25.8 Å². The van der Waals surface area contributed by atoms with Gasteiger partial charge in [0.2, 0.25) is 0 Å². The van der Waals surface area contributed by atoms with E-state index in [4.69, 9.17) is 5.26 Å². The Balaban J connectivity index is 1.50. The number of nitriles is 1. The largest absolute Gasteiger partial charge is 0.338 e. The predicted molar refractivity (Wildman–Crippen MR) is 95.1 cm³/mol. The number of carbonyl (C=O) groups excluding carboxylic acids is 1. The molecule has 1 fully saturated rings. The molecule has 130 valence electrons. The van der Waals surface area contributed by atoms with Gasteiger partial charge in [-0.15, -0.1) is 0 Å². The molecule has 1 saturated heterocycles. The first kappa shape index (κ1) is 17.0. The summed E-state index contributed by atoms with van der Waals surface area (Å²) in [5.41, 5.74) is 2.85. The minimum absolute atomic E-state index is 0.0231. The Morgan fingerprint density at radius 2 is 2.36 bits per heavy atom. The van der Waals surface area contributed by atoms with Gasteiger partial charge in [-0.05, 0) is 49.4 Å². The molecule has 1 atom stereocenters. The highest BCUT2D eigenvalue weighted by molar-refractivity contribution is 5.74. The number of hydrogen-bond donors (Lipinski definition) is 1. The third-order valence-corrected chi connectivity index (χ3v) is 4.53. The molecular formula is C19H23N5O. The molecule has 1 aromatic carbocycles. The van der Waals surface area contributed by atoms with Crippen molar-refractivity contribution < 1.29 is 4.79 Å². The molecule has 2 aromatic rings. The maximum Gasteiger partial charge on any atom is 0.317 e. The lowest BCUT2D eigenvalue weighted by atomic mass is 10.1. The van der Waals surface area contributed by atoms with Gasteiger partial charge < -0.3 is 10.2 Å². The fraction of sp³-hybridized carbons (Fsp3) is 0.421. The zero-order valence-corrected chi connectivity index (χ0v) is 14.5. The second-order valence-corrected chi connectivity index (χ2v) is 6.53. The van der Waals surface area contributed by atoms with Crippen molar-refractivity contribution in [3.8, 4) is 6.07 Å². The minimum Gasteiger partial charge on any atom is -0.338 e. The van der Waals surface area contributed by atoms with Gasteiger partial charge >= 0.3 is 6.03 Å². The van der Waals surface area contributed by atoms with Gasteiger partial charge in [-0.3, -0.25) is 4.68 Å². The number of rotatable bonds is 4. The summed E-state index contributed by atoms with van der Waals surface area (Å²) in [4.78, 5) is 14.3. The molecule has 6 nitrogen and oxygen atoms in total. The molecule has 3 rings (SSSR count). The number of urea groups is 1. The number of amides is 2. The summed E-state index contributed by atoms with van der Waals surface area (Å²) in [5, 5.41) is 16.3. The Hall–Kier alpha value is -2.81. The number of aryl methyl sites for hydroxylation is 1. The topological polar surface area (TPSA) is 74.0 Å². The van der Waals surface area contributed by atoms with Crippen LogP contribution < -0.4 is 5.32 Å². The van der Waals surface area contributed by atoms with Crippen LogP contribution in [0.15, 0.2) is 36.7 Å². The average Bonchev–Trinajstić information content (AvgIpc) is 3.08. The molecular weight excluding hydrogens is 314 g/mol. The van der Waals surface area contributed by atoms with Gasteiger partial charge in [0.05, 0.1) is 23.9 Å². The molecule has 2 amide bonds. The SMILES string of the molecule is Cc1cnn([C@H]2CCCN(C(=O)NCCc3cccc(C#N)c3)C2)c1. The fourth-order valence-corrected chi connectivity index (χ4v) is 3.21. The number of carbonyl (C=O) groups is 1. The lowest BCUT2D eigenvalue weighted by Gasteiger charge is -2.32. The molecule has 1 aliphatic rings. The van der Waals surface area contributed by atoms with Crippen LogP contribution in [0.5, 0.6) is 0 Å². The number of nitrogens with one attached hydrogen (secondary N) is 1. The van der Waals surface area contributed by atoms with Gasteiger partial charge in [0.15, 0.2) is 0 Å². The Bertz CT molecular complexity index is 776. The molecule has 1 aromatic heterocycles. The highest BCUT2D eigenvalue weighted by atomic mass is 16.2. The Morgan fingerprint density at radius 3 is 3.12 bits per heavy atom. The molecule has 0 unspecified atom stereocenters. The standard InChI is InChI=1S/C19H23N5O/c1-15-12-22-24(13-15)18-6-3-9-23(14-18)19(25)21-8-7-16-4-2-5-17(10-16)11-20/h2,4-5,10,12-13,18H,3,6-9,14H2,1H3,(H,21,25)/t18-/m0/s1. The number of aromatic nitrogens is 2. The molecule has 6 heteroatoms. The van der Waals surface area contributed by atoms with Crippen LogP contribution in [-0.2, 0) is 6.42 Å². The van der Waals surface area contributed by atoms with E-state index in [1.54, 1.807) is 6.07 Å². The third-order valence-electron chi connectivity index (χ3n) is 4.53. The van der Waals surface area contributed by atoms with E-state index in [1.807, 2.05) is 47.1 Å². The predicted octanol–water partition coefficient (Wildman–Crippen LogP) is 2.65. The maximum atomic E-state index is 12.4. The van der Waals surface area contributed by atoms with Gasteiger partial charge in [0.1, 0.15) is 0 Å². The maximum absolute atomic E-state index is 12.4. The summed E-state index contributed by atoms with van der Waals surface area (Å²) < 4.78 is 1.97. The lowest BCUT2D eigenvalue weighted by Crippen LogP contribution is -2.46. The summed E-state index contributed by atoms with van der Waals surface area (Å²) in [7, 11) is 0.